The van der Waals surface area contributed by atoms with Crippen LogP contribution in [-0.2, 0) is 16.1 Å². The van der Waals surface area contributed by atoms with Gasteiger partial charge in [0.25, 0.3) is 0 Å². The zero-order chi connectivity index (χ0) is 19.7. The first-order valence-electron chi connectivity index (χ1n) is 8.76. The maximum Gasteiger partial charge on any atom is 0.328 e. The highest BCUT2D eigenvalue weighted by molar-refractivity contribution is 6.09. The maximum atomic E-state index is 11.3. The molecular weight excluding hydrogens is 356 g/mol. The number of aryl methyl sites for hydroxylation is 1. The number of aliphatic carboxylic acids is 1. The number of carboxylic acid groups (broad SMARTS) is 1. The molecular formula is C21H18N4O3. The molecule has 2 aromatic heterocycles. The highest BCUT2D eigenvalue weighted by Crippen LogP contribution is 2.32. The van der Waals surface area contributed by atoms with E-state index in [-0.39, 0.29) is 12.3 Å². The quantitative estimate of drug-likeness (QED) is 0.506. The first kappa shape index (κ1) is 17.5. The average molecular weight is 374 g/mol. The van der Waals surface area contributed by atoms with Crippen molar-refractivity contribution in [3.8, 4) is 5.69 Å². The summed E-state index contributed by atoms with van der Waals surface area (Å²) in [6.45, 7) is 0.450. The highest BCUT2D eigenvalue weighted by atomic mass is 16.4. The Morgan fingerprint density at radius 3 is 2.68 bits per heavy atom. The van der Waals surface area contributed by atoms with E-state index in [1.54, 1.807) is 18.6 Å². The lowest BCUT2D eigenvalue weighted by Gasteiger charge is -2.07. The van der Waals surface area contributed by atoms with Crippen molar-refractivity contribution in [1.82, 2.24) is 14.1 Å². The third-order valence-corrected chi connectivity index (χ3v) is 4.68. The van der Waals surface area contributed by atoms with Crippen LogP contribution >= 0.6 is 0 Å². The number of aromatic nitrogens is 3. The van der Waals surface area contributed by atoms with Crippen LogP contribution in [-0.4, -0.2) is 31.1 Å². The summed E-state index contributed by atoms with van der Waals surface area (Å²) in [6.07, 6.45) is 8.22. The lowest BCUT2D eigenvalue weighted by atomic mass is 10.1. The van der Waals surface area contributed by atoms with Crippen LogP contribution in [0.1, 0.15) is 12.0 Å². The highest BCUT2D eigenvalue weighted by Gasteiger charge is 2.13. The lowest BCUT2D eigenvalue weighted by molar-refractivity contribution is -0.131. The summed E-state index contributed by atoms with van der Waals surface area (Å²) in [5.41, 5.74) is 9.02. The minimum atomic E-state index is -1.00. The molecule has 28 heavy (non-hydrogen) atoms. The second kappa shape index (κ2) is 7.03. The summed E-state index contributed by atoms with van der Waals surface area (Å²) in [5.74, 6) is -1.37. The molecule has 0 saturated carbocycles. The average Bonchev–Trinajstić information content (AvgIpc) is 3.30. The van der Waals surface area contributed by atoms with E-state index in [1.807, 2.05) is 45.7 Å². The Hall–Kier alpha value is -3.87. The number of carbonyl (C=O) groups excluding carboxylic acids is 1. The number of benzene rings is 2. The molecule has 0 unspecified atom stereocenters. The minimum absolute atomic E-state index is 0.220. The molecule has 0 aliphatic rings. The number of nitrogens with zero attached hydrogens (tertiary/aromatic N) is 3. The van der Waals surface area contributed by atoms with Crippen LogP contribution in [0.4, 0.5) is 0 Å². The third-order valence-electron chi connectivity index (χ3n) is 4.68. The van der Waals surface area contributed by atoms with Gasteiger partial charge in [0.15, 0.2) is 0 Å². The SMILES string of the molecule is NC(=O)CCn1c2ccc(-n3ccnc3)cc2c2ccc(/C=C/C(=O)O)cc21. The zero-order valence-electron chi connectivity index (χ0n) is 14.9. The molecule has 140 valence electrons. The number of imidazole rings is 1. The van der Waals surface area contributed by atoms with Gasteiger partial charge >= 0.3 is 5.97 Å². The molecule has 2 aromatic carbocycles. The first-order valence-corrected chi connectivity index (χ1v) is 8.76. The van der Waals surface area contributed by atoms with Gasteiger partial charge < -0.3 is 20.0 Å². The Balaban J connectivity index is 1.92. The summed E-state index contributed by atoms with van der Waals surface area (Å²) >= 11 is 0. The number of hydrogen-bond donors (Lipinski definition) is 2. The standard InChI is InChI=1S/C21H18N4O3/c22-20(26)7-9-25-18-5-3-15(24-10-8-23-13-24)12-17(18)16-4-1-14(11-19(16)25)2-6-21(27)28/h1-6,8,10-13H,7,9H2,(H2,22,26)(H,27,28)/b6-2+. The van der Waals surface area contributed by atoms with E-state index in [1.165, 1.54) is 0 Å². The van der Waals surface area contributed by atoms with E-state index >= 15 is 0 Å². The van der Waals surface area contributed by atoms with E-state index in [4.69, 9.17) is 10.8 Å². The number of carboxylic acids is 1. The Bertz CT molecular complexity index is 1220. The van der Waals surface area contributed by atoms with Crippen molar-refractivity contribution in [2.45, 2.75) is 13.0 Å². The fourth-order valence-electron chi connectivity index (χ4n) is 3.41. The molecule has 0 aliphatic heterocycles. The molecule has 1 amide bonds. The zero-order valence-corrected chi connectivity index (χ0v) is 14.9. The van der Waals surface area contributed by atoms with Gasteiger partial charge in [0.2, 0.25) is 5.91 Å². The first-order chi connectivity index (χ1) is 13.5. The lowest BCUT2D eigenvalue weighted by Crippen LogP contribution is -2.13. The van der Waals surface area contributed by atoms with Gasteiger partial charge in [-0.05, 0) is 35.9 Å². The van der Waals surface area contributed by atoms with Crippen molar-refractivity contribution >= 4 is 39.8 Å². The van der Waals surface area contributed by atoms with E-state index in [0.29, 0.717) is 6.54 Å². The Labute approximate surface area is 160 Å². The molecule has 2 heterocycles. The number of primary amides is 1. The summed E-state index contributed by atoms with van der Waals surface area (Å²) in [4.78, 5) is 26.3. The van der Waals surface area contributed by atoms with Gasteiger partial charge in [-0.3, -0.25) is 4.79 Å². The summed E-state index contributed by atoms with van der Waals surface area (Å²) < 4.78 is 3.97. The third kappa shape index (κ3) is 3.25. The molecule has 7 nitrogen and oxygen atoms in total. The number of nitrogens with two attached hydrogens (primary N) is 1. The predicted octanol–water partition coefficient (Wildman–Crippen LogP) is 2.95. The number of fused-ring (bicyclic) bond motifs is 3. The summed E-state index contributed by atoms with van der Waals surface area (Å²) in [7, 11) is 0. The molecule has 0 bridgehead atoms. The van der Waals surface area contributed by atoms with E-state index in [0.717, 1.165) is 39.1 Å². The molecule has 0 fully saturated rings. The van der Waals surface area contributed by atoms with Gasteiger partial charge in [0, 0.05) is 58.9 Å². The minimum Gasteiger partial charge on any atom is -0.478 e. The van der Waals surface area contributed by atoms with Crippen molar-refractivity contribution in [1.29, 1.82) is 0 Å². The van der Waals surface area contributed by atoms with Crippen LogP contribution in [0.2, 0.25) is 0 Å². The fourth-order valence-corrected chi connectivity index (χ4v) is 3.41. The largest absolute Gasteiger partial charge is 0.478 e. The second-order valence-electron chi connectivity index (χ2n) is 6.49. The number of amides is 1. The maximum absolute atomic E-state index is 11.3. The number of hydrogen-bond acceptors (Lipinski definition) is 3. The van der Waals surface area contributed by atoms with Crippen molar-refractivity contribution < 1.29 is 14.7 Å². The molecule has 3 N–H and O–H groups in total. The van der Waals surface area contributed by atoms with Gasteiger partial charge in [-0.15, -0.1) is 0 Å². The van der Waals surface area contributed by atoms with Gasteiger partial charge in [-0.1, -0.05) is 12.1 Å². The topological polar surface area (TPSA) is 103 Å². The Morgan fingerprint density at radius 2 is 1.96 bits per heavy atom. The van der Waals surface area contributed by atoms with Crippen LogP contribution in [0.25, 0.3) is 33.6 Å². The van der Waals surface area contributed by atoms with E-state index in [9.17, 15) is 9.59 Å². The monoisotopic (exact) mass is 374 g/mol. The van der Waals surface area contributed by atoms with Crippen molar-refractivity contribution in [2.24, 2.45) is 5.73 Å². The van der Waals surface area contributed by atoms with E-state index in [2.05, 4.69) is 11.1 Å². The van der Waals surface area contributed by atoms with E-state index < -0.39 is 5.97 Å². The molecule has 4 rings (SSSR count). The van der Waals surface area contributed by atoms with Gasteiger partial charge in [0.1, 0.15) is 0 Å². The van der Waals surface area contributed by atoms with Crippen LogP contribution in [0.5, 0.6) is 0 Å². The number of rotatable bonds is 6. The van der Waals surface area contributed by atoms with Crippen LogP contribution in [0.15, 0.2) is 61.2 Å². The summed E-state index contributed by atoms with van der Waals surface area (Å²) in [5, 5.41) is 10.9. The molecule has 0 atom stereocenters. The summed E-state index contributed by atoms with van der Waals surface area (Å²) in [6, 6.07) is 11.9. The van der Waals surface area contributed by atoms with Crippen LogP contribution in [0.3, 0.4) is 0 Å². The second-order valence-corrected chi connectivity index (χ2v) is 6.49. The van der Waals surface area contributed by atoms with Gasteiger partial charge in [-0.2, -0.15) is 0 Å². The molecule has 0 aliphatic carbocycles. The fraction of sp³-hybridized carbons (Fsp3) is 0.0952. The van der Waals surface area contributed by atoms with Crippen molar-refractivity contribution in [3.63, 3.8) is 0 Å². The molecule has 0 radical (unpaired) electrons. The van der Waals surface area contributed by atoms with Crippen LogP contribution in [0, 0.1) is 0 Å². The van der Waals surface area contributed by atoms with Crippen LogP contribution < -0.4 is 5.73 Å². The molecule has 4 aromatic rings. The Kier molecular flexibility index (Phi) is 4.41. The molecule has 7 heteroatoms. The molecule has 0 saturated heterocycles. The van der Waals surface area contributed by atoms with Crippen molar-refractivity contribution in [3.05, 3.63) is 66.8 Å². The Morgan fingerprint density at radius 1 is 1.11 bits per heavy atom. The predicted molar refractivity (Wildman–Crippen MR) is 107 cm³/mol. The normalized spacial score (nSPS) is 11.6. The van der Waals surface area contributed by atoms with Gasteiger partial charge in [0.05, 0.1) is 6.33 Å². The van der Waals surface area contributed by atoms with Crippen molar-refractivity contribution in [2.75, 3.05) is 0 Å². The van der Waals surface area contributed by atoms with Gasteiger partial charge in [-0.25, -0.2) is 9.78 Å². The molecule has 0 spiro atoms. The smallest absolute Gasteiger partial charge is 0.328 e. The number of carbonyl (C=O) groups is 2.